The van der Waals surface area contributed by atoms with E-state index in [0.717, 1.165) is 37.8 Å². The van der Waals surface area contributed by atoms with E-state index in [2.05, 4.69) is 55.3 Å². The number of amides is 2. The first-order chi connectivity index (χ1) is 13.8. The molecule has 2 aromatic rings. The number of hydrogen-bond acceptors (Lipinski definition) is 4. The molecule has 29 heavy (non-hydrogen) atoms. The summed E-state index contributed by atoms with van der Waals surface area (Å²) in [6, 6.07) is 8.57. The number of hydrogen-bond donors (Lipinski definition) is 1. The fraction of sp³-hybridized carbons (Fsp3) is 0.522. The zero-order chi connectivity index (χ0) is 20.6. The molecular weight excluding hydrogens is 382 g/mol. The number of carbonyl (C=O) groups is 2. The zero-order valence-corrected chi connectivity index (χ0v) is 18.2. The Morgan fingerprint density at radius 2 is 1.93 bits per heavy atom. The highest BCUT2D eigenvalue weighted by Gasteiger charge is 2.53. The number of rotatable bonds is 4. The van der Waals surface area contributed by atoms with Gasteiger partial charge in [0, 0.05) is 24.7 Å². The highest BCUT2D eigenvalue weighted by atomic mass is 32.1. The number of anilines is 1. The minimum absolute atomic E-state index is 0.0307. The van der Waals surface area contributed by atoms with Gasteiger partial charge in [0.1, 0.15) is 0 Å². The summed E-state index contributed by atoms with van der Waals surface area (Å²) in [7, 11) is 0. The Labute approximate surface area is 176 Å². The van der Waals surface area contributed by atoms with E-state index in [4.69, 9.17) is 0 Å². The van der Waals surface area contributed by atoms with Crippen molar-refractivity contribution >= 4 is 28.3 Å². The van der Waals surface area contributed by atoms with Gasteiger partial charge < -0.3 is 10.2 Å². The Morgan fingerprint density at radius 1 is 1.21 bits per heavy atom. The van der Waals surface area contributed by atoms with Crippen LogP contribution < -0.4 is 5.32 Å². The summed E-state index contributed by atoms with van der Waals surface area (Å²) in [5.74, 6) is -0.0137. The Hall–Kier alpha value is -2.21. The van der Waals surface area contributed by atoms with Crippen LogP contribution >= 0.6 is 11.3 Å². The van der Waals surface area contributed by atoms with Crippen molar-refractivity contribution in [3.63, 3.8) is 0 Å². The Bertz CT molecular complexity index is 880. The van der Waals surface area contributed by atoms with Crippen molar-refractivity contribution in [2.45, 2.75) is 57.3 Å². The van der Waals surface area contributed by atoms with Crippen LogP contribution in [-0.2, 0) is 20.4 Å². The molecule has 6 heteroatoms. The van der Waals surface area contributed by atoms with Gasteiger partial charge in [-0.1, -0.05) is 45.0 Å². The van der Waals surface area contributed by atoms with E-state index in [-0.39, 0.29) is 28.6 Å². The van der Waals surface area contributed by atoms with Gasteiger partial charge in [0.2, 0.25) is 11.8 Å². The van der Waals surface area contributed by atoms with Crippen LogP contribution in [0.15, 0.2) is 35.8 Å². The summed E-state index contributed by atoms with van der Waals surface area (Å²) in [5, 5.41) is 5.35. The first-order valence-electron chi connectivity index (χ1n) is 10.4. The molecule has 2 aliphatic rings. The third kappa shape index (κ3) is 4.08. The second kappa shape index (κ2) is 7.56. The van der Waals surface area contributed by atoms with Crippen molar-refractivity contribution in [1.82, 2.24) is 9.88 Å². The fourth-order valence-corrected chi connectivity index (χ4v) is 4.74. The molecule has 0 radical (unpaired) electrons. The molecule has 2 fully saturated rings. The molecule has 1 atom stereocenters. The van der Waals surface area contributed by atoms with Crippen LogP contribution in [0.4, 0.5) is 5.13 Å². The number of likely N-dealkylation sites (tertiary alicyclic amines) is 1. The summed E-state index contributed by atoms with van der Waals surface area (Å²) in [4.78, 5) is 32.1. The van der Waals surface area contributed by atoms with E-state index < -0.39 is 0 Å². The van der Waals surface area contributed by atoms with Crippen molar-refractivity contribution in [3.8, 4) is 0 Å². The van der Waals surface area contributed by atoms with Gasteiger partial charge >= 0.3 is 0 Å². The smallest absolute Gasteiger partial charge is 0.233 e. The van der Waals surface area contributed by atoms with Crippen LogP contribution in [0, 0.1) is 5.92 Å². The second-order valence-electron chi connectivity index (χ2n) is 9.33. The molecule has 154 valence electrons. The lowest BCUT2D eigenvalue weighted by atomic mass is 9.84. The molecule has 0 spiro atoms. The zero-order valence-electron chi connectivity index (χ0n) is 17.4. The quantitative estimate of drug-likeness (QED) is 0.814. The Morgan fingerprint density at radius 3 is 2.52 bits per heavy atom. The molecule has 1 saturated carbocycles. The summed E-state index contributed by atoms with van der Waals surface area (Å²) in [6.07, 6.45) is 5.15. The number of nitrogens with zero attached hydrogens (tertiary/aromatic N) is 2. The summed E-state index contributed by atoms with van der Waals surface area (Å²) >= 11 is 1.41. The van der Waals surface area contributed by atoms with E-state index in [0.29, 0.717) is 11.7 Å². The third-order valence-corrected chi connectivity index (χ3v) is 6.89. The second-order valence-corrected chi connectivity index (χ2v) is 10.2. The molecule has 0 bridgehead atoms. The van der Waals surface area contributed by atoms with Crippen molar-refractivity contribution < 1.29 is 9.59 Å². The van der Waals surface area contributed by atoms with E-state index in [9.17, 15) is 9.59 Å². The molecule has 2 amide bonds. The number of piperidine rings is 1. The van der Waals surface area contributed by atoms with Crippen molar-refractivity contribution in [2.75, 3.05) is 18.4 Å². The van der Waals surface area contributed by atoms with Crippen LogP contribution in [0.1, 0.15) is 57.6 Å². The highest BCUT2D eigenvalue weighted by Crippen LogP contribution is 2.50. The minimum Gasteiger partial charge on any atom is -0.341 e. The minimum atomic E-state index is -0.385. The van der Waals surface area contributed by atoms with Gasteiger partial charge in [-0.25, -0.2) is 4.98 Å². The van der Waals surface area contributed by atoms with Gasteiger partial charge in [-0.05, 0) is 42.2 Å². The maximum Gasteiger partial charge on any atom is 0.233 e. The topological polar surface area (TPSA) is 62.3 Å². The lowest BCUT2D eigenvalue weighted by Gasteiger charge is -2.34. The van der Waals surface area contributed by atoms with E-state index in [1.807, 2.05) is 10.3 Å². The largest absolute Gasteiger partial charge is 0.341 e. The number of benzene rings is 1. The Balaban J connectivity index is 1.45. The number of thiazole rings is 1. The molecule has 1 aliphatic carbocycles. The number of nitrogens with one attached hydrogen (secondary N) is 1. The molecule has 2 heterocycles. The molecule has 1 N–H and O–H groups in total. The van der Waals surface area contributed by atoms with Gasteiger partial charge in [0.15, 0.2) is 5.13 Å². The van der Waals surface area contributed by atoms with E-state index >= 15 is 0 Å². The van der Waals surface area contributed by atoms with Gasteiger partial charge in [-0.3, -0.25) is 9.59 Å². The van der Waals surface area contributed by atoms with Crippen LogP contribution in [0.3, 0.4) is 0 Å². The standard InChI is InChI=1S/C23H29N3O2S/c1-22(2,3)17-6-8-18(9-7-17)23(10-11-23)20(28)26-13-4-5-16(15-26)19(27)25-21-24-12-14-29-21/h6-9,12,14,16H,4-5,10-11,13,15H2,1-3H3,(H,24,25,27). The first kappa shape index (κ1) is 20.1. The van der Waals surface area contributed by atoms with Gasteiger partial charge in [-0.15, -0.1) is 11.3 Å². The molecular formula is C23H29N3O2S. The SMILES string of the molecule is CC(C)(C)c1ccc(C2(C(=O)N3CCCC(C(=O)Nc4nccs4)C3)CC2)cc1. The monoisotopic (exact) mass is 411 g/mol. The Kier molecular flexibility index (Phi) is 5.23. The maximum absolute atomic E-state index is 13.4. The summed E-state index contributed by atoms with van der Waals surface area (Å²) in [6.45, 7) is 7.83. The van der Waals surface area contributed by atoms with Gasteiger partial charge in [-0.2, -0.15) is 0 Å². The van der Waals surface area contributed by atoms with Gasteiger partial charge in [0.25, 0.3) is 0 Å². The molecule has 1 aromatic carbocycles. The molecule has 1 aliphatic heterocycles. The van der Waals surface area contributed by atoms with E-state index in [1.165, 1.54) is 16.9 Å². The summed E-state index contributed by atoms with van der Waals surface area (Å²) in [5.41, 5.74) is 2.11. The lowest BCUT2D eigenvalue weighted by Crippen LogP contribution is -2.47. The third-order valence-electron chi connectivity index (χ3n) is 6.20. The predicted octanol–water partition coefficient (Wildman–Crippen LogP) is 4.35. The van der Waals surface area contributed by atoms with Crippen molar-refractivity contribution in [1.29, 1.82) is 0 Å². The maximum atomic E-state index is 13.4. The lowest BCUT2D eigenvalue weighted by molar-refractivity contribution is -0.137. The molecule has 1 unspecified atom stereocenters. The van der Waals surface area contributed by atoms with Crippen LogP contribution in [-0.4, -0.2) is 34.8 Å². The van der Waals surface area contributed by atoms with Crippen LogP contribution in [0.2, 0.25) is 0 Å². The van der Waals surface area contributed by atoms with Crippen LogP contribution in [0.25, 0.3) is 0 Å². The molecule has 5 nitrogen and oxygen atoms in total. The number of aromatic nitrogens is 1. The molecule has 4 rings (SSSR count). The average Bonchev–Trinajstić information content (AvgIpc) is 3.37. The average molecular weight is 412 g/mol. The molecule has 1 saturated heterocycles. The predicted molar refractivity (Wildman–Crippen MR) is 116 cm³/mol. The van der Waals surface area contributed by atoms with E-state index in [1.54, 1.807) is 6.20 Å². The molecule has 1 aromatic heterocycles. The summed E-state index contributed by atoms with van der Waals surface area (Å²) < 4.78 is 0. The normalized spacial score (nSPS) is 20.9. The van der Waals surface area contributed by atoms with Crippen molar-refractivity contribution in [3.05, 3.63) is 47.0 Å². The fourth-order valence-electron chi connectivity index (χ4n) is 4.21. The van der Waals surface area contributed by atoms with Gasteiger partial charge in [0.05, 0.1) is 11.3 Å². The highest BCUT2D eigenvalue weighted by molar-refractivity contribution is 7.13. The number of carbonyl (C=O) groups excluding carboxylic acids is 2. The van der Waals surface area contributed by atoms with Crippen molar-refractivity contribution in [2.24, 2.45) is 5.92 Å². The van der Waals surface area contributed by atoms with Crippen LogP contribution in [0.5, 0.6) is 0 Å². The first-order valence-corrected chi connectivity index (χ1v) is 11.3.